The molecule has 1 heterocycles. The maximum Gasteiger partial charge on any atom is 0.344 e. The van der Waals surface area contributed by atoms with Crippen LogP contribution in [0.25, 0.3) is 10.9 Å². The average Bonchev–Trinajstić information content (AvgIpc) is 3.91. The molecule has 0 unspecified atom stereocenters. The molecule has 1 fully saturated rings. The van der Waals surface area contributed by atoms with Gasteiger partial charge in [0, 0.05) is 35.1 Å². The fourth-order valence-corrected chi connectivity index (χ4v) is 6.58. The fraction of sp³-hybridized carbons (Fsp3) is 0.343. The van der Waals surface area contributed by atoms with Gasteiger partial charge in [-0.2, -0.15) is 0 Å². The second kappa shape index (κ2) is 16.4. The van der Waals surface area contributed by atoms with Crippen LogP contribution in [0.4, 0.5) is 20.2 Å². The SMILES string of the molecule is CCOP(=O)(CNCCCOc1cc2nccc(Oc3ccc(NC(=O)C4(C(=O)Nc5ccc(F)cc5)CC4)cc3F)c2cc1OC)OCC. The first-order valence-electron chi connectivity index (χ1n) is 16.1. The van der Waals surface area contributed by atoms with Crippen molar-refractivity contribution in [3.05, 3.63) is 78.5 Å². The lowest BCUT2D eigenvalue weighted by atomic mass is 10.0. The smallest absolute Gasteiger partial charge is 0.344 e. The molecule has 1 aliphatic rings. The summed E-state index contributed by atoms with van der Waals surface area (Å²) >= 11 is 0. The van der Waals surface area contributed by atoms with Crippen molar-refractivity contribution >= 4 is 41.7 Å². The van der Waals surface area contributed by atoms with E-state index in [1.807, 2.05) is 0 Å². The van der Waals surface area contributed by atoms with Gasteiger partial charge in [-0.1, -0.05) is 0 Å². The van der Waals surface area contributed by atoms with Gasteiger partial charge in [-0.05, 0) is 88.2 Å². The first-order chi connectivity index (χ1) is 24.1. The number of ether oxygens (including phenoxy) is 3. The van der Waals surface area contributed by atoms with E-state index < -0.39 is 36.5 Å². The minimum absolute atomic E-state index is 0.0953. The number of carbonyl (C=O) groups is 2. The highest BCUT2D eigenvalue weighted by molar-refractivity contribution is 7.53. The molecule has 0 aliphatic heterocycles. The zero-order valence-electron chi connectivity index (χ0n) is 27.9. The van der Waals surface area contributed by atoms with E-state index in [0.717, 1.165) is 6.07 Å². The quantitative estimate of drug-likeness (QED) is 0.0548. The monoisotopic (exact) mass is 712 g/mol. The zero-order valence-corrected chi connectivity index (χ0v) is 28.8. The van der Waals surface area contributed by atoms with Gasteiger partial charge in [-0.15, -0.1) is 0 Å². The lowest BCUT2D eigenvalue weighted by molar-refractivity contribution is -0.131. The average molecular weight is 713 g/mol. The molecule has 50 heavy (non-hydrogen) atoms. The Morgan fingerprint density at radius 1 is 0.860 bits per heavy atom. The summed E-state index contributed by atoms with van der Waals surface area (Å²) in [4.78, 5) is 30.3. The predicted octanol–water partition coefficient (Wildman–Crippen LogP) is 7.25. The van der Waals surface area contributed by atoms with Gasteiger partial charge >= 0.3 is 7.60 Å². The second-order valence-electron chi connectivity index (χ2n) is 11.4. The Hall–Kier alpha value is -4.62. The molecule has 5 rings (SSSR count). The van der Waals surface area contributed by atoms with E-state index in [1.54, 1.807) is 32.0 Å². The van der Waals surface area contributed by atoms with Crippen LogP contribution in [0.15, 0.2) is 66.9 Å². The summed E-state index contributed by atoms with van der Waals surface area (Å²) in [5.41, 5.74) is -0.267. The molecule has 2 amide bonds. The number of anilines is 2. The summed E-state index contributed by atoms with van der Waals surface area (Å²) in [5, 5.41) is 8.89. The molecule has 1 aromatic heterocycles. The number of hydrogen-bond donors (Lipinski definition) is 3. The highest BCUT2D eigenvalue weighted by Gasteiger charge is 2.56. The van der Waals surface area contributed by atoms with Crippen LogP contribution in [0.5, 0.6) is 23.0 Å². The minimum atomic E-state index is -3.18. The number of hydrogen-bond acceptors (Lipinski definition) is 10. The number of halogens is 2. The molecule has 12 nitrogen and oxygen atoms in total. The maximum absolute atomic E-state index is 15.3. The Kier molecular flexibility index (Phi) is 12.0. The van der Waals surface area contributed by atoms with Crippen molar-refractivity contribution in [2.24, 2.45) is 5.41 Å². The van der Waals surface area contributed by atoms with Crippen molar-refractivity contribution in [3.63, 3.8) is 0 Å². The highest BCUT2D eigenvalue weighted by Crippen LogP contribution is 2.48. The third kappa shape index (κ3) is 8.94. The van der Waals surface area contributed by atoms with Gasteiger partial charge in [0.15, 0.2) is 23.1 Å². The van der Waals surface area contributed by atoms with Gasteiger partial charge in [0.05, 0.1) is 38.7 Å². The first kappa shape index (κ1) is 36.7. The number of fused-ring (bicyclic) bond motifs is 1. The van der Waals surface area contributed by atoms with Crippen LogP contribution in [-0.2, 0) is 23.2 Å². The van der Waals surface area contributed by atoms with Gasteiger partial charge in [0.2, 0.25) is 11.8 Å². The molecule has 1 saturated carbocycles. The molecular weight excluding hydrogens is 673 g/mol. The highest BCUT2D eigenvalue weighted by atomic mass is 31.2. The minimum Gasteiger partial charge on any atom is -0.493 e. The van der Waals surface area contributed by atoms with Gasteiger partial charge < -0.3 is 39.2 Å². The van der Waals surface area contributed by atoms with E-state index in [9.17, 15) is 18.5 Å². The molecule has 266 valence electrons. The molecule has 0 atom stereocenters. The summed E-state index contributed by atoms with van der Waals surface area (Å²) in [6.45, 7) is 4.93. The van der Waals surface area contributed by atoms with Crippen LogP contribution < -0.4 is 30.2 Å². The summed E-state index contributed by atoms with van der Waals surface area (Å²) in [6.07, 6.45) is 2.86. The lowest BCUT2D eigenvalue weighted by Crippen LogP contribution is -2.35. The maximum atomic E-state index is 15.3. The van der Waals surface area contributed by atoms with Crippen molar-refractivity contribution in [2.45, 2.75) is 33.1 Å². The Morgan fingerprint density at radius 2 is 1.54 bits per heavy atom. The molecule has 4 aromatic rings. The van der Waals surface area contributed by atoms with E-state index in [-0.39, 0.29) is 30.9 Å². The standard InChI is InChI=1S/C35H39F2N4O8P/c1-4-47-50(44,48-5-2)22-38-16-6-18-46-32-21-28-26(20-31(32)45-3)29(13-17-39-28)49-30-12-11-25(19-27(30)37)41-34(43)35(14-15-35)33(42)40-24-9-7-23(36)8-10-24/h7-13,17,19-21,38H,4-6,14-16,18,22H2,1-3H3,(H,40,42)(H,41,43). The van der Waals surface area contributed by atoms with E-state index >= 15 is 4.39 Å². The third-order valence-corrected chi connectivity index (χ3v) is 9.74. The number of carbonyl (C=O) groups excluding carboxylic acids is 2. The van der Waals surface area contributed by atoms with Crippen molar-refractivity contribution in [3.8, 4) is 23.0 Å². The first-order valence-corrected chi connectivity index (χ1v) is 17.9. The van der Waals surface area contributed by atoms with Crippen LogP contribution >= 0.6 is 7.60 Å². The van der Waals surface area contributed by atoms with E-state index in [2.05, 4.69) is 20.9 Å². The van der Waals surface area contributed by atoms with Crippen LogP contribution in [-0.4, -0.2) is 56.6 Å². The number of benzene rings is 3. The zero-order chi connectivity index (χ0) is 35.7. The number of rotatable bonds is 18. The van der Waals surface area contributed by atoms with Gasteiger partial charge in [-0.3, -0.25) is 19.1 Å². The molecule has 0 radical (unpaired) electrons. The van der Waals surface area contributed by atoms with Crippen molar-refractivity contribution in [2.75, 3.05) is 50.4 Å². The molecule has 0 saturated heterocycles. The molecule has 0 bridgehead atoms. The van der Waals surface area contributed by atoms with Crippen LogP contribution in [0.3, 0.4) is 0 Å². The molecule has 0 spiro atoms. The summed E-state index contributed by atoms with van der Waals surface area (Å²) in [7, 11) is -1.68. The van der Waals surface area contributed by atoms with Crippen molar-refractivity contribution in [1.29, 1.82) is 0 Å². The molecule has 15 heteroatoms. The number of amides is 2. The van der Waals surface area contributed by atoms with E-state index in [1.165, 1.54) is 49.7 Å². The number of methoxy groups -OCH3 is 1. The molecular formula is C35H39F2N4O8P. The fourth-order valence-electron chi connectivity index (χ4n) is 5.10. The van der Waals surface area contributed by atoms with Crippen LogP contribution in [0, 0.1) is 17.0 Å². The number of pyridine rings is 1. The Balaban J connectivity index is 1.19. The predicted molar refractivity (Wildman–Crippen MR) is 184 cm³/mol. The van der Waals surface area contributed by atoms with Gasteiger partial charge in [0.25, 0.3) is 0 Å². The topological polar surface area (TPSA) is 146 Å². The summed E-state index contributed by atoms with van der Waals surface area (Å²) in [6, 6.07) is 14.1. The lowest BCUT2D eigenvalue weighted by Gasteiger charge is -2.17. The largest absolute Gasteiger partial charge is 0.493 e. The van der Waals surface area contributed by atoms with E-state index in [4.69, 9.17) is 23.3 Å². The molecule has 3 aromatic carbocycles. The van der Waals surface area contributed by atoms with E-state index in [0.29, 0.717) is 66.3 Å². The molecule has 1 aliphatic carbocycles. The number of nitrogens with zero attached hydrogens (tertiary/aromatic N) is 1. The van der Waals surface area contributed by atoms with Gasteiger partial charge in [0.1, 0.15) is 17.0 Å². The van der Waals surface area contributed by atoms with Crippen LogP contribution in [0.2, 0.25) is 0 Å². The Bertz CT molecular complexity index is 1860. The third-order valence-electron chi connectivity index (χ3n) is 7.83. The van der Waals surface area contributed by atoms with Crippen molar-refractivity contribution < 1.29 is 46.2 Å². The summed E-state index contributed by atoms with van der Waals surface area (Å²) in [5.74, 6) is -1.21. The Morgan fingerprint density at radius 3 is 2.18 bits per heavy atom. The number of nitrogens with one attached hydrogen (secondary N) is 3. The van der Waals surface area contributed by atoms with Gasteiger partial charge in [-0.25, -0.2) is 8.78 Å². The normalized spacial score (nSPS) is 13.5. The van der Waals surface area contributed by atoms with Crippen LogP contribution in [0.1, 0.15) is 33.1 Å². The summed E-state index contributed by atoms with van der Waals surface area (Å²) < 4.78 is 69.1. The molecule has 3 N–H and O–H groups in total. The Labute approximate surface area is 288 Å². The van der Waals surface area contributed by atoms with Crippen molar-refractivity contribution in [1.82, 2.24) is 10.3 Å². The number of aromatic nitrogens is 1. The second-order valence-corrected chi connectivity index (χ2v) is 13.4.